The molecule has 0 bridgehead atoms. The molecule has 2 amide bonds. The van der Waals surface area contributed by atoms with Gasteiger partial charge in [0.05, 0.1) is 17.3 Å². The monoisotopic (exact) mass is 541 g/mol. The Hall–Kier alpha value is -3.13. The first kappa shape index (κ1) is 25.5. The van der Waals surface area contributed by atoms with Crippen LogP contribution in [0.2, 0.25) is 0 Å². The Morgan fingerprint density at radius 1 is 1.50 bits per heavy atom. The lowest BCUT2D eigenvalue weighted by molar-refractivity contribution is -0.150. The van der Waals surface area contributed by atoms with Crippen LogP contribution in [0.15, 0.2) is 27.9 Å². The summed E-state index contributed by atoms with van der Waals surface area (Å²) in [4.78, 5) is 42.8. The fourth-order valence-electron chi connectivity index (χ4n) is 3.24. The average molecular weight is 542 g/mol. The zero-order valence-electron chi connectivity index (χ0n) is 17.2. The molecule has 13 nitrogen and oxygen atoms in total. The van der Waals surface area contributed by atoms with E-state index in [1.807, 2.05) is 0 Å². The number of carboxylic acids is 1. The van der Waals surface area contributed by atoms with Gasteiger partial charge in [-0.05, 0) is 16.0 Å². The summed E-state index contributed by atoms with van der Waals surface area (Å²) in [6.07, 6.45) is 1.03. The number of β-lactam (4-membered cyclic amide) rings is 1. The van der Waals surface area contributed by atoms with Gasteiger partial charge in [0, 0.05) is 30.0 Å². The third-order valence-corrected chi connectivity index (χ3v) is 7.85. The van der Waals surface area contributed by atoms with Crippen LogP contribution in [-0.2, 0) is 21.4 Å². The van der Waals surface area contributed by atoms with Crippen molar-refractivity contribution in [1.82, 2.24) is 35.4 Å². The molecule has 1 saturated heterocycles. The van der Waals surface area contributed by atoms with E-state index in [0.29, 0.717) is 16.5 Å². The van der Waals surface area contributed by atoms with Crippen molar-refractivity contribution in [2.75, 3.05) is 17.2 Å². The summed E-state index contributed by atoms with van der Waals surface area (Å²) in [5.74, 6) is -1.80. The second kappa shape index (κ2) is 10.4. The third-order valence-electron chi connectivity index (χ3n) is 4.74. The fourth-order valence-corrected chi connectivity index (χ4v) is 6.14. The first-order valence-electron chi connectivity index (χ1n) is 9.19. The number of aromatic nitrogens is 5. The molecule has 4 rings (SSSR count). The minimum absolute atomic E-state index is 0. The lowest BCUT2D eigenvalue weighted by atomic mass is 10.0. The van der Waals surface area contributed by atoms with E-state index in [2.05, 4.69) is 25.8 Å². The summed E-state index contributed by atoms with van der Waals surface area (Å²) < 4.78 is 1.47. The van der Waals surface area contributed by atoms with Gasteiger partial charge in [-0.15, -0.1) is 40.6 Å². The number of rotatable bonds is 7. The van der Waals surface area contributed by atoms with E-state index >= 15 is 0 Å². The minimum Gasteiger partial charge on any atom is -0.477 e. The van der Waals surface area contributed by atoms with Crippen molar-refractivity contribution in [1.29, 1.82) is 5.26 Å². The summed E-state index contributed by atoms with van der Waals surface area (Å²) >= 11 is 3.71. The first-order chi connectivity index (χ1) is 15.8. The highest BCUT2D eigenvalue weighted by atomic mass is 35.5. The van der Waals surface area contributed by atoms with Gasteiger partial charge in [0.25, 0.3) is 11.8 Å². The van der Waals surface area contributed by atoms with E-state index in [0.717, 1.165) is 17.4 Å². The molecule has 2 aromatic rings. The van der Waals surface area contributed by atoms with Crippen molar-refractivity contribution >= 4 is 75.8 Å². The average Bonchev–Trinajstić information content (AvgIpc) is 3.40. The van der Waals surface area contributed by atoms with Crippen molar-refractivity contribution in [3.63, 3.8) is 0 Å². The zero-order valence-corrected chi connectivity index (χ0v) is 20.5. The number of allylic oxidation sites excluding steroid dienone is 1. The summed E-state index contributed by atoms with van der Waals surface area (Å²) in [7, 11) is 1.67. The van der Waals surface area contributed by atoms with Crippen LogP contribution in [-0.4, -0.2) is 75.9 Å². The summed E-state index contributed by atoms with van der Waals surface area (Å²) in [6, 6.07) is 0.850. The molecule has 0 aromatic carbocycles. The molecule has 2 aliphatic rings. The maximum absolute atomic E-state index is 12.8. The van der Waals surface area contributed by atoms with Gasteiger partial charge in [-0.25, -0.2) is 14.5 Å². The number of tetrazole rings is 1. The van der Waals surface area contributed by atoms with Gasteiger partial charge in [0.1, 0.15) is 17.1 Å². The Labute approximate surface area is 210 Å². The number of nitrogen functional groups attached to an aromatic ring is 1. The minimum atomic E-state index is -1.23. The number of anilines is 1. The number of fused-ring (bicyclic) bond motifs is 1. The Morgan fingerprint density at radius 3 is 2.85 bits per heavy atom. The number of nitrogens with one attached hydrogen (secondary N) is 1. The van der Waals surface area contributed by atoms with Crippen molar-refractivity contribution in [2.45, 2.75) is 16.6 Å². The van der Waals surface area contributed by atoms with E-state index in [4.69, 9.17) is 11.0 Å². The summed E-state index contributed by atoms with van der Waals surface area (Å²) in [6.45, 7) is 0. The van der Waals surface area contributed by atoms with Crippen molar-refractivity contribution in [2.24, 2.45) is 7.05 Å². The lowest BCUT2D eigenvalue weighted by Gasteiger charge is -2.49. The number of nitrogens with two attached hydrogens (primary N) is 1. The van der Waals surface area contributed by atoms with Gasteiger partial charge in [-0.1, -0.05) is 11.8 Å². The number of aryl methyl sites for hydroxylation is 1. The second-order valence-electron chi connectivity index (χ2n) is 6.75. The number of hydrogen-bond acceptors (Lipinski definition) is 12. The number of hydrogen-bond donors (Lipinski definition) is 3. The summed E-state index contributed by atoms with van der Waals surface area (Å²) in [5.41, 5.74) is 6.26. The Bertz CT molecular complexity index is 1250. The van der Waals surface area contributed by atoms with Gasteiger partial charge in [0.2, 0.25) is 5.16 Å². The highest BCUT2D eigenvalue weighted by Crippen LogP contribution is 2.41. The predicted octanol–water partition coefficient (Wildman–Crippen LogP) is 0.108. The Balaban J connectivity index is 0.00000324. The van der Waals surface area contributed by atoms with Crippen molar-refractivity contribution < 1.29 is 19.5 Å². The largest absolute Gasteiger partial charge is 0.477 e. The lowest BCUT2D eigenvalue weighted by Crippen LogP contribution is -2.70. The predicted molar refractivity (Wildman–Crippen MR) is 127 cm³/mol. The standard InChI is InChI=1S/C17H15N9O4S3.ClH/c1-25-17(22-23-24-25)33-5-7-4-31-14-10(13(28)26(14)11(7)15(29)30)21-12(27)8(2-3-18)9-6-32-16(19)20-9;/h2,6,10,14H,4-5H2,1H3,(H2,19,20)(H,21,27)(H,29,30);1H/b8-2+;/t10?,14-;/m1./s1. The van der Waals surface area contributed by atoms with Crippen LogP contribution in [0.25, 0.3) is 5.57 Å². The molecule has 178 valence electrons. The fraction of sp³-hybridized carbons (Fsp3) is 0.294. The number of amides is 2. The number of carbonyl (C=O) groups excluding carboxylic acids is 2. The molecular weight excluding hydrogens is 526 g/mol. The molecule has 0 aliphatic carbocycles. The van der Waals surface area contributed by atoms with E-state index in [9.17, 15) is 19.5 Å². The van der Waals surface area contributed by atoms with Gasteiger partial charge >= 0.3 is 5.97 Å². The number of carbonyl (C=O) groups is 3. The zero-order chi connectivity index (χ0) is 23.7. The van der Waals surface area contributed by atoms with E-state index in [-0.39, 0.29) is 40.3 Å². The molecule has 2 atom stereocenters. The molecule has 4 N–H and O–H groups in total. The summed E-state index contributed by atoms with van der Waals surface area (Å²) in [5, 5.41) is 34.2. The number of thiazole rings is 1. The second-order valence-corrected chi connectivity index (χ2v) is 9.69. The first-order valence-corrected chi connectivity index (χ1v) is 12.1. The maximum atomic E-state index is 12.8. The molecule has 4 heterocycles. The topological polar surface area (TPSA) is 193 Å². The molecule has 1 fully saturated rings. The molecule has 2 aromatic heterocycles. The van der Waals surface area contributed by atoms with E-state index in [1.165, 1.54) is 38.5 Å². The Kier molecular flexibility index (Phi) is 7.82. The van der Waals surface area contributed by atoms with Crippen LogP contribution in [0.4, 0.5) is 5.13 Å². The number of aliphatic carboxylic acids is 1. The van der Waals surface area contributed by atoms with Gasteiger partial charge in [-0.2, -0.15) is 5.26 Å². The molecule has 17 heteroatoms. The number of thioether (sulfide) groups is 2. The van der Waals surface area contributed by atoms with Gasteiger partial charge in [-0.3, -0.25) is 14.5 Å². The van der Waals surface area contributed by atoms with Crippen LogP contribution in [0, 0.1) is 11.3 Å². The molecular formula is C17H16ClN9O4S3. The quantitative estimate of drug-likeness (QED) is 0.185. The van der Waals surface area contributed by atoms with Gasteiger partial charge in [0.15, 0.2) is 5.13 Å². The highest BCUT2D eigenvalue weighted by molar-refractivity contribution is 8.01. The normalized spacial score (nSPS) is 19.6. The molecule has 34 heavy (non-hydrogen) atoms. The van der Waals surface area contributed by atoms with Crippen LogP contribution >= 0.6 is 47.3 Å². The molecule has 1 unspecified atom stereocenters. The smallest absolute Gasteiger partial charge is 0.352 e. The van der Waals surface area contributed by atoms with Gasteiger partial charge < -0.3 is 16.2 Å². The number of nitriles is 1. The highest BCUT2D eigenvalue weighted by Gasteiger charge is 2.54. The van der Waals surface area contributed by atoms with E-state index in [1.54, 1.807) is 13.1 Å². The SMILES string of the molecule is Cl.Cn1nnnc1SCC1=C(C(=O)O)N2C(=O)C(NC(=O)/C(=C/C#N)c3csc(N)n3)[C@H]2SC1. The third kappa shape index (κ3) is 4.73. The van der Waals surface area contributed by atoms with Crippen molar-refractivity contribution in [3.8, 4) is 6.07 Å². The maximum Gasteiger partial charge on any atom is 0.352 e. The van der Waals surface area contributed by atoms with Crippen LogP contribution in [0.3, 0.4) is 0 Å². The molecule has 0 radical (unpaired) electrons. The molecule has 0 spiro atoms. The van der Waals surface area contributed by atoms with Crippen LogP contribution in [0.5, 0.6) is 0 Å². The molecule has 2 aliphatic heterocycles. The molecule has 0 saturated carbocycles. The van der Waals surface area contributed by atoms with Crippen LogP contribution in [0.1, 0.15) is 5.69 Å². The van der Waals surface area contributed by atoms with Crippen molar-refractivity contribution in [3.05, 3.63) is 28.4 Å². The van der Waals surface area contributed by atoms with E-state index < -0.39 is 29.2 Å². The Morgan fingerprint density at radius 2 is 2.26 bits per heavy atom. The number of halogens is 1. The number of carboxylic acid groups (broad SMARTS) is 1. The van der Waals surface area contributed by atoms with Crippen LogP contribution < -0.4 is 11.1 Å². The number of nitrogens with zero attached hydrogens (tertiary/aromatic N) is 7.